The molecule has 2 rings (SSSR count). The molecule has 70 valence electrons. The smallest absolute Gasteiger partial charge is 0.0376 e. The van der Waals surface area contributed by atoms with Crippen molar-refractivity contribution in [3.8, 4) is 0 Å². The Morgan fingerprint density at radius 2 is 2.23 bits per heavy atom. The van der Waals surface area contributed by atoms with Crippen LogP contribution in [-0.4, -0.2) is 6.54 Å². The van der Waals surface area contributed by atoms with Crippen LogP contribution in [0.2, 0.25) is 0 Å². The highest BCUT2D eigenvalue weighted by Gasteiger charge is 2.09. The molecule has 0 spiro atoms. The van der Waals surface area contributed by atoms with Crippen LogP contribution in [0.5, 0.6) is 0 Å². The number of hydrogen-bond acceptors (Lipinski definition) is 1. The molecule has 0 fully saturated rings. The molecular weight excluding hydrogens is 158 g/mol. The van der Waals surface area contributed by atoms with Crippen molar-refractivity contribution < 1.29 is 0 Å². The van der Waals surface area contributed by atoms with E-state index < -0.39 is 0 Å². The zero-order valence-corrected chi connectivity index (χ0v) is 8.43. The second-order valence-corrected chi connectivity index (χ2v) is 4.27. The van der Waals surface area contributed by atoms with E-state index in [0.29, 0.717) is 0 Å². The maximum atomic E-state index is 3.41. The zero-order chi connectivity index (χ0) is 9.26. The SMILES string of the molecule is CC(C)Cc1ccc2c(c1)NCC2. The van der Waals surface area contributed by atoms with Gasteiger partial charge >= 0.3 is 0 Å². The van der Waals surface area contributed by atoms with Gasteiger partial charge in [0.2, 0.25) is 0 Å². The van der Waals surface area contributed by atoms with Gasteiger partial charge in [0, 0.05) is 12.2 Å². The summed E-state index contributed by atoms with van der Waals surface area (Å²) in [7, 11) is 0. The van der Waals surface area contributed by atoms with Crippen molar-refractivity contribution in [3.63, 3.8) is 0 Å². The topological polar surface area (TPSA) is 12.0 Å². The lowest BCUT2D eigenvalue weighted by molar-refractivity contribution is 0.647. The first kappa shape index (κ1) is 8.61. The molecule has 0 bridgehead atoms. The standard InChI is InChI=1S/C12H17N/c1-9(2)7-10-3-4-11-5-6-13-12(11)8-10/h3-4,8-9,13H,5-7H2,1-2H3. The highest BCUT2D eigenvalue weighted by molar-refractivity contribution is 5.57. The highest BCUT2D eigenvalue weighted by atomic mass is 14.9. The first-order valence-corrected chi connectivity index (χ1v) is 5.11. The predicted molar refractivity (Wildman–Crippen MR) is 57.2 cm³/mol. The van der Waals surface area contributed by atoms with Gasteiger partial charge in [0.25, 0.3) is 0 Å². The van der Waals surface area contributed by atoms with Crippen LogP contribution in [0.4, 0.5) is 5.69 Å². The minimum Gasteiger partial charge on any atom is -0.384 e. The Kier molecular flexibility index (Phi) is 2.26. The highest BCUT2D eigenvalue weighted by Crippen LogP contribution is 2.24. The van der Waals surface area contributed by atoms with Gasteiger partial charge in [0.15, 0.2) is 0 Å². The lowest BCUT2D eigenvalue weighted by Gasteiger charge is -2.07. The molecule has 0 saturated carbocycles. The molecule has 1 aliphatic heterocycles. The molecule has 1 heterocycles. The Bertz CT molecular complexity index is 302. The number of hydrogen-bond donors (Lipinski definition) is 1. The molecule has 1 nitrogen and oxygen atoms in total. The molecule has 0 radical (unpaired) electrons. The van der Waals surface area contributed by atoms with Crippen molar-refractivity contribution in [2.24, 2.45) is 5.92 Å². The Labute approximate surface area is 80.2 Å². The fraction of sp³-hybridized carbons (Fsp3) is 0.500. The minimum absolute atomic E-state index is 0.749. The van der Waals surface area contributed by atoms with Crippen LogP contribution in [0.1, 0.15) is 25.0 Å². The largest absolute Gasteiger partial charge is 0.384 e. The minimum atomic E-state index is 0.749. The van der Waals surface area contributed by atoms with Gasteiger partial charge in [-0.25, -0.2) is 0 Å². The van der Waals surface area contributed by atoms with Gasteiger partial charge in [-0.3, -0.25) is 0 Å². The van der Waals surface area contributed by atoms with Crippen LogP contribution in [-0.2, 0) is 12.8 Å². The number of anilines is 1. The third-order valence-corrected chi connectivity index (χ3v) is 2.53. The van der Waals surface area contributed by atoms with E-state index in [1.807, 2.05) is 0 Å². The quantitative estimate of drug-likeness (QED) is 0.728. The molecular formula is C12H17N. The third-order valence-electron chi connectivity index (χ3n) is 2.53. The summed E-state index contributed by atoms with van der Waals surface area (Å²) in [6, 6.07) is 6.85. The summed E-state index contributed by atoms with van der Waals surface area (Å²) < 4.78 is 0. The third kappa shape index (κ3) is 1.85. The molecule has 1 aromatic rings. The molecule has 13 heavy (non-hydrogen) atoms. The summed E-state index contributed by atoms with van der Waals surface area (Å²) in [5.74, 6) is 0.749. The van der Waals surface area contributed by atoms with Crippen LogP contribution in [0, 0.1) is 5.92 Å². The van der Waals surface area contributed by atoms with E-state index in [1.54, 1.807) is 0 Å². The fourth-order valence-corrected chi connectivity index (χ4v) is 1.94. The molecule has 1 aliphatic rings. The molecule has 0 saturated heterocycles. The van der Waals surface area contributed by atoms with Gasteiger partial charge in [-0.1, -0.05) is 26.0 Å². The van der Waals surface area contributed by atoms with Crippen LogP contribution in [0.3, 0.4) is 0 Å². The summed E-state index contributed by atoms with van der Waals surface area (Å²) in [5, 5.41) is 3.41. The average molecular weight is 175 g/mol. The average Bonchev–Trinajstić information content (AvgIpc) is 2.49. The Hall–Kier alpha value is -0.980. The lowest BCUT2D eigenvalue weighted by atomic mass is 10.0. The van der Waals surface area contributed by atoms with Gasteiger partial charge in [0.05, 0.1) is 0 Å². The van der Waals surface area contributed by atoms with Gasteiger partial charge in [-0.2, -0.15) is 0 Å². The van der Waals surface area contributed by atoms with E-state index >= 15 is 0 Å². The summed E-state index contributed by atoms with van der Waals surface area (Å²) in [6.45, 7) is 5.64. The summed E-state index contributed by atoms with van der Waals surface area (Å²) in [4.78, 5) is 0. The van der Waals surface area contributed by atoms with E-state index in [1.165, 1.54) is 29.7 Å². The zero-order valence-electron chi connectivity index (χ0n) is 8.43. The van der Waals surface area contributed by atoms with Gasteiger partial charge < -0.3 is 5.32 Å². The van der Waals surface area contributed by atoms with Crippen molar-refractivity contribution in [2.45, 2.75) is 26.7 Å². The monoisotopic (exact) mass is 175 g/mol. The van der Waals surface area contributed by atoms with E-state index in [0.717, 1.165) is 12.5 Å². The number of benzene rings is 1. The molecule has 0 amide bonds. The molecule has 0 aromatic heterocycles. The van der Waals surface area contributed by atoms with Crippen LogP contribution < -0.4 is 5.32 Å². The second kappa shape index (κ2) is 3.41. The summed E-state index contributed by atoms with van der Waals surface area (Å²) >= 11 is 0. The van der Waals surface area contributed by atoms with E-state index in [-0.39, 0.29) is 0 Å². The summed E-state index contributed by atoms with van der Waals surface area (Å²) in [6.07, 6.45) is 2.38. The molecule has 1 N–H and O–H groups in total. The number of nitrogens with one attached hydrogen (secondary N) is 1. The van der Waals surface area contributed by atoms with E-state index in [9.17, 15) is 0 Å². The fourth-order valence-electron chi connectivity index (χ4n) is 1.94. The maximum Gasteiger partial charge on any atom is 0.0376 e. The predicted octanol–water partition coefficient (Wildman–Crippen LogP) is 2.85. The summed E-state index contributed by atoms with van der Waals surface area (Å²) in [5.41, 5.74) is 4.30. The second-order valence-electron chi connectivity index (χ2n) is 4.27. The molecule has 1 heteroatoms. The van der Waals surface area contributed by atoms with E-state index in [4.69, 9.17) is 0 Å². The Morgan fingerprint density at radius 1 is 1.38 bits per heavy atom. The molecule has 0 unspecified atom stereocenters. The molecule has 0 aliphatic carbocycles. The number of rotatable bonds is 2. The van der Waals surface area contributed by atoms with E-state index in [2.05, 4.69) is 37.4 Å². The van der Waals surface area contributed by atoms with Gasteiger partial charge in [-0.15, -0.1) is 0 Å². The van der Waals surface area contributed by atoms with Crippen LogP contribution >= 0.6 is 0 Å². The van der Waals surface area contributed by atoms with Crippen molar-refractivity contribution in [1.29, 1.82) is 0 Å². The normalized spacial score (nSPS) is 14.4. The van der Waals surface area contributed by atoms with Crippen molar-refractivity contribution in [1.82, 2.24) is 0 Å². The van der Waals surface area contributed by atoms with Crippen molar-refractivity contribution >= 4 is 5.69 Å². The van der Waals surface area contributed by atoms with Crippen molar-refractivity contribution in [3.05, 3.63) is 29.3 Å². The first-order chi connectivity index (χ1) is 6.25. The Morgan fingerprint density at radius 3 is 3.00 bits per heavy atom. The van der Waals surface area contributed by atoms with Crippen LogP contribution in [0.15, 0.2) is 18.2 Å². The lowest BCUT2D eigenvalue weighted by Crippen LogP contribution is -1.95. The maximum absolute atomic E-state index is 3.41. The van der Waals surface area contributed by atoms with Gasteiger partial charge in [-0.05, 0) is 36.0 Å². The molecule has 1 aromatic carbocycles. The number of fused-ring (bicyclic) bond motifs is 1. The Balaban J connectivity index is 2.21. The van der Waals surface area contributed by atoms with Crippen LogP contribution in [0.25, 0.3) is 0 Å². The van der Waals surface area contributed by atoms with Gasteiger partial charge in [0.1, 0.15) is 0 Å². The first-order valence-electron chi connectivity index (χ1n) is 5.11. The molecule has 0 atom stereocenters. The van der Waals surface area contributed by atoms with Crippen molar-refractivity contribution in [2.75, 3.05) is 11.9 Å².